The molecule has 0 heterocycles. The predicted molar refractivity (Wildman–Crippen MR) is 49.8 cm³/mol. The van der Waals surface area contributed by atoms with Crippen molar-refractivity contribution in [3.63, 3.8) is 0 Å². The number of hydrogen-bond acceptors (Lipinski definition) is 1. The molecule has 1 nitrogen and oxygen atoms in total. The zero-order valence-corrected chi connectivity index (χ0v) is 7.95. The molecular weight excluding hydrogens is 134 g/mol. The van der Waals surface area contributed by atoms with Crippen molar-refractivity contribution in [2.75, 3.05) is 7.05 Å². The molecule has 0 bridgehead atoms. The Morgan fingerprint density at radius 2 is 1.91 bits per heavy atom. The van der Waals surface area contributed by atoms with Gasteiger partial charge in [-0.05, 0) is 26.3 Å². The van der Waals surface area contributed by atoms with Crippen LogP contribution in [0.5, 0.6) is 0 Å². The van der Waals surface area contributed by atoms with E-state index in [1.54, 1.807) is 0 Å². The number of unbranched alkanes of at least 4 members (excludes halogenated alkanes) is 1. The average molecular weight is 155 g/mol. The van der Waals surface area contributed by atoms with E-state index in [9.17, 15) is 0 Å². The van der Waals surface area contributed by atoms with Crippen LogP contribution in [0.1, 0.15) is 51.9 Å². The first-order valence-corrected chi connectivity index (χ1v) is 5.02. The van der Waals surface area contributed by atoms with Crippen molar-refractivity contribution in [2.45, 2.75) is 57.4 Å². The smallest absolute Gasteiger partial charge is 0.0178 e. The highest BCUT2D eigenvalue weighted by Gasteiger charge is 2.30. The lowest BCUT2D eigenvalue weighted by molar-refractivity contribution is 0.323. The highest BCUT2D eigenvalue weighted by atomic mass is 14.9. The van der Waals surface area contributed by atoms with Gasteiger partial charge in [0.05, 0.1) is 0 Å². The fraction of sp³-hybridized carbons (Fsp3) is 1.00. The molecule has 1 heteroatoms. The van der Waals surface area contributed by atoms with Gasteiger partial charge >= 0.3 is 0 Å². The molecule has 0 spiro atoms. The molecular formula is C10H21N. The highest BCUT2D eigenvalue weighted by molar-refractivity contribution is 4.90. The molecule has 0 amide bonds. The summed E-state index contributed by atoms with van der Waals surface area (Å²) in [6.45, 7) is 2.28. The SMILES string of the molecule is CCCCC1(NC)CCCC1. The zero-order chi connectivity index (χ0) is 8.16. The Labute approximate surface area is 70.6 Å². The van der Waals surface area contributed by atoms with E-state index in [-0.39, 0.29) is 0 Å². The van der Waals surface area contributed by atoms with Gasteiger partial charge in [-0.15, -0.1) is 0 Å². The molecule has 0 aromatic rings. The summed E-state index contributed by atoms with van der Waals surface area (Å²) in [7, 11) is 2.13. The van der Waals surface area contributed by atoms with Gasteiger partial charge in [0.2, 0.25) is 0 Å². The van der Waals surface area contributed by atoms with Crippen molar-refractivity contribution < 1.29 is 0 Å². The van der Waals surface area contributed by atoms with Crippen LogP contribution in [0.15, 0.2) is 0 Å². The number of nitrogens with one attached hydrogen (secondary N) is 1. The van der Waals surface area contributed by atoms with Crippen molar-refractivity contribution in [3.8, 4) is 0 Å². The monoisotopic (exact) mass is 155 g/mol. The second-order valence-corrected chi connectivity index (χ2v) is 3.84. The van der Waals surface area contributed by atoms with E-state index in [0.717, 1.165) is 0 Å². The Kier molecular flexibility index (Phi) is 3.38. The van der Waals surface area contributed by atoms with Gasteiger partial charge in [-0.25, -0.2) is 0 Å². The van der Waals surface area contributed by atoms with Gasteiger partial charge in [0.25, 0.3) is 0 Å². The van der Waals surface area contributed by atoms with E-state index in [1.165, 1.54) is 44.9 Å². The van der Waals surface area contributed by atoms with Crippen molar-refractivity contribution in [2.24, 2.45) is 0 Å². The van der Waals surface area contributed by atoms with Gasteiger partial charge in [0.15, 0.2) is 0 Å². The second kappa shape index (κ2) is 4.10. The molecule has 1 rings (SSSR count). The highest BCUT2D eigenvalue weighted by Crippen LogP contribution is 2.33. The lowest BCUT2D eigenvalue weighted by atomic mass is 9.91. The van der Waals surface area contributed by atoms with Crippen molar-refractivity contribution in [3.05, 3.63) is 0 Å². The maximum atomic E-state index is 3.51. The third-order valence-corrected chi connectivity index (χ3v) is 3.10. The summed E-state index contributed by atoms with van der Waals surface area (Å²) < 4.78 is 0. The Bertz CT molecular complexity index is 103. The van der Waals surface area contributed by atoms with Gasteiger partial charge in [-0.1, -0.05) is 32.6 Å². The summed E-state index contributed by atoms with van der Waals surface area (Å²) >= 11 is 0. The summed E-state index contributed by atoms with van der Waals surface area (Å²) in [6, 6.07) is 0. The van der Waals surface area contributed by atoms with Crippen molar-refractivity contribution in [1.29, 1.82) is 0 Å². The molecule has 0 radical (unpaired) electrons. The molecule has 1 aliphatic carbocycles. The van der Waals surface area contributed by atoms with Crippen LogP contribution < -0.4 is 5.32 Å². The Morgan fingerprint density at radius 1 is 1.27 bits per heavy atom. The van der Waals surface area contributed by atoms with E-state index in [0.29, 0.717) is 5.54 Å². The maximum absolute atomic E-state index is 3.51. The fourth-order valence-electron chi connectivity index (χ4n) is 2.19. The molecule has 66 valence electrons. The lowest BCUT2D eigenvalue weighted by Gasteiger charge is -2.28. The molecule has 1 fully saturated rings. The minimum atomic E-state index is 0.538. The summed E-state index contributed by atoms with van der Waals surface area (Å²) in [5, 5.41) is 3.51. The first-order valence-electron chi connectivity index (χ1n) is 5.02. The molecule has 1 aliphatic rings. The Morgan fingerprint density at radius 3 is 2.36 bits per heavy atom. The number of rotatable bonds is 4. The van der Waals surface area contributed by atoms with E-state index in [4.69, 9.17) is 0 Å². The van der Waals surface area contributed by atoms with Crippen LogP contribution in [0.4, 0.5) is 0 Å². The Hall–Kier alpha value is -0.0400. The fourth-order valence-corrected chi connectivity index (χ4v) is 2.19. The summed E-state index contributed by atoms with van der Waals surface area (Å²) in [5.41, 5.74) is 0.538. The predicted octanol–water partition coefficient (Wildman–Crippen LogP) is 2.71. The van der Waals surface area contributed by atoms with Crippen LogP contribution in [0, 0.1) is 0 Å². The van der Waals surface area contributed by atoms with Crippen molar-refractivity contribution in [1.82, 2.24) is 5.32 Å². The van der Waals surface area contributed by atoms with Crippen LogP contribution in [-0.4, -0.2) is 12.6 Å². The first kappa shape index (κ1) is 9.05. The molecule has 0 aliphatic heterocycles. The third-order valence-electron chi connectivity index (χ3n) is 3.10. The van der Waals surface area contributed by atoms with Gasteiger partial charge in [-0.3, -0.25) is 0 Å². The van der Waals surface area contributed by atoms with E-state index in [1.807, 2.05) is 0 Å². The molecule has 0 aromatic heterocycles. The molecule has 0 unspecified atom stereocenters. The van der Waals surface area contributed by atoms with Crippen LogP contribution in [0.3, 0.4) is 0 Å². The summed E-state index contributed by atoms with van der Waals surface area (Å²) in [4.78, 5) is 0. The van der Waals surface area contributed by atoms with E-state index in [2.05, 4.69) is 19.3 Å². The minimum absolute atomic E-state index is 0.538. The van der Waals surface area contributed by atoms with Gasteiger partial charge < -0.3 is 5.32 Å². The molecule has 1 N–H and O–H groups in total. The Balaban J connectivity index is 2.33. The molecule has 0 aromatic carbocycles. The molecule has 0 saturated heterocycles. The van der Waals surface area contributed by atoms with Crippen LogP contribution in [0.25, 0.3) is 0 Å². The number of hydrogen-bond donors (Lipinski definition) is 1. The van der Waals surface area contributed by atoms with E-state index < -0.39 is 0 Å². The van der Waals surface area contributed by atoms with Crippen molar-refractivity contribution >= 4 is 0 Å². The standard InChI is InChI=1S/C10H21N/c1-3-4-7-10(11-2)8-5-6-9-10/h11H,3-9H2,1-2H3. The second-order valence-electron chi connectivity index (χ2n) is 3.84. The quantitative estimate of drug-likeness (QED) is 0.658. The topological polar surface area (TPSA) is 12.0 Å². The van der Waals surface area contributed by atoms with Crippen LogP contribution in [-0.2, 0) is 0 Å². The average Bonchev–Trinajstić information content (AvgIpc) is 2.50. The molecule has 1 saturated carbocycles. The van der Waals surface area contributed by atoms with E-state index >= 15 is 0 Å². The largest absolute Gasteiger partial charge is 0.314 e. The first-order chi connectivity index (χ1) is 5.33. The van der Waals surface area contributed by atoms with Crippen LogP contribution in [0.2, 0.25) is 0 Å². The molecule has 0 atom stereocenters. The van der Waals surface area contributed by atoms with Gasteiger partial charge in [0, 0.05) is 5.54 Å². The summed E-state index contributed by atoms with van der Waals surface area (Å²) in [6.07, 6.45) is 9.80. The maximum Gasteiger partial charge on any atom is 0.0178 e. The zero-order valence-electron chi connectivity index (χ0n) is 7.95. The third kappa shape index (κ3) is 2.19. The van der Waals surface area contributed by atoms with Gasteiger partial charge in [0.1, 0.15) is 0 Å². The normalized spacial score (nSPS) is 22.4. The minimum Gasteiger partial charge on any atom is -0.314 e. The lowest BCUT2D eigenvalue weighted by Crippen LogP contribution is -2.39. The molecule has 11 heavy (non-hydrogen) atoms. The summed E-state index contributed by atoms with van der Waals surface area (Å²) in [5.74, 6) is 0. The van der Waals surface area contributed by atoms with Crippen LogP contribution >= 0.6 is 0 Å². The van der Waals surface area contributed by atoms with Gasteiger partial charge in [-0.2, -0.15) is 0 Å².